The minimum Gasteiger partial charge on any atom is -0.491 e. The molecule has 0 saturated carbocycles. The van der Waals surface area contributed by atoms with Gasteiger partial charge in [0.15, 0.2) is 0 Å². The van der Waals surface area contributed by atoms with E-state index in [0.717, 1.165) is 36.2 Å². The normalized spacial score (nSPS) is 31.1. The summed E-state index contributed by atoms with van der Waals surface area (Å²) in [6.07, 6.45) is 6.65. The second kappa shape index (κ2) is 5.81. The van der Waals surface area contributed by atoms with Gasteiger partial charge in [0, 0.05) is 42.2 Å². The Bertz CT molecular complexity index is 797. The van der Waals surface area contributed by atoms with Crippen LogP contribution >= 0.6 is 0 Å². The first-order chi connectivity index (χ1) is 12.2. The summed E-state index contributed by atoms with van der Waals surface area (Å²) in [6, 6.07) is 5.47. The number of piperidine rings is 1. The Labute approximate surface area is 147 Å². The molecule has 25 heavy (non-hydrogen) atoms. The minimum absolute atomic E-state index is 0.331. The summed E-state index contributed by atoms with van der Waals surface area (Å²) in [4.78, 5) is 11.8. The van der Waals surface area contributed by atoms with E-state index in [-0.39, 0.29) is 0 Å². The number of nitrogens with zero attached hydrogens (tertiary/aromatic N) is 3. The van der Waals surface area contributed by atoms with Crippen molar-refractivity contribution in [2.75, 3.05) is 20.3 Å². The lowest BCUT2D eigenvalue weighted by Crippen LogP contribution is -2.48. The molecule has 0 radical (unpaired) electrons. The van der Waals surface area contributed by atoms with Crippen molar-refractivity contribution in [1.29, 1.82) is 0 Å². The van der Waals surface area contributed by atoms with Crippen LogP contribution in [0.25, 0.3) is 11.0 Å². The summed E-state index contributed by atoms with van der Waals surface area (Å²) < 4.78 is 11.3. The fraction of sp³-hybridized carbons (Fsp3) is 0.579. The van der Waals surface area contributed by atoms with Crippen LogP contribution in [0.4, 0.5) is 0 Å². The minimum atomic E-state index is 0.331. The van der Waals surface area contributed by atoms with Gasteiger partial charge in [0.25, 0.3) is 0 Å². The van der Waals surface area contributed by atoms with Gasteiger partial charge in [-0.1, -0.05) is 0 Å². The van der Waals surface area contributed by atoms with Crippen LogP contribution in [0.1, 0.15) is 37.2 Å². The van der Waals surface area contributed by atoms with Crippen LogP contribution in [0.3, 0.4) is 0 Å². The van der Waals surface area contributed by atoms with Gasteiger partial charge in [-0.2, -0.15) is 0 Å². The highest BCUT2D eigenvalue weighted by Gasteiger charge is 2.42. The Balaban J connectivity index is 1.49. The van der Waals surface area contributed by atoms with Crippen molar-refractivity contribution in [2.24, 2.45) is 5.73 Å². The molecule has 3 unspecified atom stereocenters. The van der Waals surface area contributed by atoms with E-state index < -0.39 is 0 Å². The predicted octanol–water partition coefficient (Wildman–Crippen LogP) is 2.07. The molecular weight excluding hydrogens is 316 g/mol. The van der Waals surface area contributed by atoms with E-state index >= 15 is 0 Å². The van der Waals surface area contributed by atoms with Gasteiger partial charge in [0.1, 0.15) is 11.3 Å². The quantitative estimate of drug-likeness (QED) is 0.922. The molecular formula is C19H24N4O2. The van der Waals surface area contributed by atoms with Gasteiger partial charge in [-0.25, -0.2) is 4.98 Å². The van der Waals surface area contributed by atoms with Gasteiger partial charge >= 0.3 is 0 Å². The lowest BCUT2D eigenvalue weighted by atomic mass is 9.94. The Morgan fingerprint density at radius 3 is 2.84 bits per heavy atom. The summed E-state index contributed by atoms with van der Waals surface area (Å²) in [7, 11) is 1.65. The highest BCUT2D eigenvalue weighted by Crippen LogP contribution is 2.42. The van der Waals surface area contributed by atoms with E-state index in [2.05, 4.69) is 14.9 Å². The molecule has 2 bridgehead atoms. The zero-order chi connectivity index (χ0) is 17.0. The third kappa shape index (κ3) is 2.47. The molecule has 3 atom stereocenters. The molecule has 2 aromatic heterocycles. The molecule has 0 spiro atoms. The maximum Gasteiger partial charge on any atom is 0.213 e. The molecule has 2 saturated heterocycles. The van der Waals surface area contributed by atoms with Crippen LogP contribution in [-0.2, 0) is 0 Å². The summed E-state index contributed by atoms with van der Waals surface area (Å²) in [5, 5.41) is 0. The number of aromatic nitrogens is 2. The van der Waals surface area contributed by atoms with E-state index in [1.807, 2.05) is 18.3 Å². The summed E-state index contributed by atoms with van der Waals surface area (Å²) in [5.74, 6) is 1.83. The largest absolute Gasteiger partial charge is 0.491 e. The average Bonchev–Trinajstić information content (AvgIpc) is 3.14. The molecule has 0 aliphatic carbocycles. The summed E-state index contributed by atoms with van der Waals surface area (Å²) in [6.45, 7) is 1.73. The highest BCUT2D eigenvalue weighted by atomic mass is 16.5. The van der Waals surface area contributed by atoms with Crippen LogP contribution in [0, 0.1) is 0 Å². The van der Waals surface area contributed by atoms with E-state index in [1.165, 1.54) is 18.4 Å². The number of hydrogen-bond donors (Lipinski definition) is 1. The van der Waals surface area contributed by atoms with E-state index in [0.29, 0.717) is 36.5 Å². The van der Waals surface area contributed by atoms with Gasteiger partial charge in [-0.3, -0.25) is 9.88 Å². The van der Waals surface area contributed by atoms with E-state index in [1.54, 1.807) is 7.11 Å². The lowest BCUT2D eigenvalue weighted by Gasteiger charge is -2.38. The molecule has 5 heterocycles. The van der Waals surface area contributed by atoms with Gasteiger partial charge < -0.3 is 15.2 Å². The van der Waals surface area contributed by atoms with Gasteiger partial charge in [0.05, 0.1) is 25.4 Å². The van der Waals surface area contributed by atoms with Gasteiger partial charge in [-0.15, -0.1) is 0 Å². The monoisotopic (exact) mass is 340 g/mol. The average molecular weight is 340 g/mol. The first-order valence-corrected chi connectivity index (χ1v) is 9.20. The Morgan fingerprint density at radius 1 is 1.28 bits per heavy atom. The first-order valence-electron chi connectivity index (χ1n) is 9.20. The van der Waals surface area contributed by atoms with Gasteiger partial charge in [0.2, 0.25) is 5.88 Å². The van der Waals surface area contributed by atoms with Crippen LogP contribution in [0.15, 0.2) is 18.3 Å². The Hall–Kier alpha value is -1.92. The number of hydrogen-bond acceptors (Lipinski definition) is 6. The molecule has 5 rings (SSSR count). The van der Waals surface area contributed by atoms with Crippen LogP contribution in [0.2, 0.25) is 0 Å². The molecule has 6 nitrogen and oxygen atoms in total. The first kappa shape index (κ1) is 15.3. The van der Waals surface area contributed by atoms with Crippen molar-refractivity contribution in [3.8, 4) is 11.6 Å². The third-order valence-corrected chi connectivity index (χ3v) is 6.10. The number of nitrogens with two attached hydrogens (primary N) is 1. The highest BCUT2D eigenvalue weighted by molar-refractivity contribution is 5.81. The molecule has 2 aromatic rings. The van der Waals surface area contributed by atoms with Crippen molar-refractivity contribution in [2.45, 2.75) is 49.7 Å². The molecule has 2 fully saturated rings. The van der Waals surface area contributed by atoms with Crippen molar-refractivity contribution >= 4 is 11.0 Å². The molecule has 2 N–H and O–H groups in total. The second-order valence-corrected chi connectivity index (χ2v) is 7.58. The van der Waals surface area contributed by atoms with Crippen LogP contribution in [0.5, 0.6) is 11.6 Å². The fourth-order valence-electron chi connectivity index (χ4n) is 4.96. The maximum absolute atomic E-state index is 6.23. The number of pyridine rings is 2. The van der Waals surface area contributed by atoms with Crippen LogP contribution < -0.4 is 15.2 Å². The maximum atomic E-state index is 6.23. The van der Waals surface area contributed by atoms with Crippen LogP contribution in [-0.4, -0.2) is 53.3 Å². The molecule has 0 aromatic carbocycles. The fourth-order valence-corrected chi connectivity index (χ4v) is 4.96. The summed E-state index contributed by atoms with van der Waals surface area (Å²) in [5.41, 5.74) is 9.24. The number of fused-ring (bicyclic) bond motifs is 5. The molecule has 0 amide bonds. The predicted molar refractivity (Wildman–Crippen MR) is 95.1 cm³/mol. The number of ether oxygens (including phenoxy) is 2. The Kier molecular flexibility index (Phi) is 3.57. The smallest absolute Gasteiger partial charge is 0.213 e. The van der Waals surface area contributed by atoms with E-state index in [9.17, 15) is 0 Å². The lowest BCUT2D eigenvalue weighted by molar-refractivity contribution is 0.115. The second-order valence-electron chi connectivity index (χ2n) is 7.58. The number of rotatable bonds is 3. The molecule has 6 heteroatoms. The molecule has 3 aliphatic heterocycles. The molecule has 132 valence electrons. The SMILES string of the molecule is COc1ccc2ncc3c(c2n1)C(CN1C2CCC1CC(N)C2)CO3. The standard InChI is InChI=1S/C19H24N4O2/c1-24-17-5-4-15-19(22-17)18-11(10-25-16(18)8-21-15)9-23-13-2-3-14(23)7-12(20)6-13/h4-5,8,11-14H,2-3,6-7,9-10,20H2,1H3. The zero-order valence-electron chi connectivity index (χ0n) is 14.5. The third-order valence-electron chi connectivity index (χ3n) is 6.10. The topological polar surface area (TPSA) is 73.5 Å². The van der Waals surface area contributed by atoms with Crippen molar-refractivity contribution in [1.82, 2.24) is 14.9 Å². The zero-order valence-corrected chi connectivity index (χ0v) is 14.5. The van der Waals surface area contributed by atoms with Crippen molar-refractivity contribution in [3.05, 3.63) is 23.9 Å². The molecule has 3 aliphatic rings. The Morgan fingerprint density at radius 2 is 2.08 bits per heavy atom. The summed E-state index contributed by atoms with van der Waals surface area (Å²) >= 11 is 0. The van der Waals surface area contributed by atoms with E-state index in [4.69, 9.17) is 15.2 Å². The van der Waals surface area contributed by atoms with Gasteiger partial charge in [-0.05, 0) is 31.7 Å². The van der Waals surface area contributed by atoms with Crippen molar-refractivity contribution in [3.63, 3.8) is 0 Å². The van der Waals surface area contributed by atoms with Crippen molar-refractivity contribution < 1.29 is 9.47 Å². The number of methoxy groups -OCH3 is 1.